The predicted octanol–water partition coefficient (Wildman–Crippen LogP) is 0.951. The monoisotopic (exact) mass is 175 g/mol. The molecule has 0 radical (unpaired) electrons. The smallest absolute Gasteiger partial charge is 0.189 e. The van der Waals surface area contributed by atoms with Gasteiger partial charge in [-0.05, 0) is 12.1 Å². The Labute approximate surface area is 74.9 Å². The van der Waals surface area contributed by atoms with Crippen molar-refractivity contribution in [3.05, 3.63) is 46.8 Å². The van der Waals surface area contributed by atoms with Crippen molar-refractivity contribution in [3.8, 4) is 0 Å². The standard InChI is InChI=1S/C10H9NO2/c12-7-11-6-5-10(13)8-3-1-2-4-9(8)11/h1-6,12H,7H2. The molecule has 0 fully saturated rings. The van der Waals surface area contributed by atoms with Crippen molar-refractivity contribution in [1.82, 2.24) is 4.57 Å². The lowest BCUT2D eigenvalue weighted by Crippen LogP contribution is -2.07. The van der Waals surface area contributed by atoms with Gasteiger partial charge in [0.1, 0.15) is 6.73 Å². The van der Waals surface area contributed by atoms with Crippen molar-refractivity contribution in [2.75, 3.05) is 0 Å². The van der Waals surface area contributed by atoms with Crippen LogP contribution in [0.25, 0.3) is 10.9 Å². The number of rotatable bonds is 1. The number of aromatic nitrogens is 1. The van der Waals surface area contributed by atoms with Gasteiger partial charge in [0.25, 0.3) is 0 Å². The highest BCUT2D eigenvalue weighted by molar-refractivity contribution is 5.78. The maximum atomic E-state index is 11.4. The van der Waals surface area contributed by atoms with Gasteiger partial charge in [-0.15, -0.1) is 0 Å². The molecule has 0 saturated carbocycles. The van der Waals surface area contributed by atoms with Crippen molar-refractivity contribution in [2.24, 2.45) is 0 Å². The molecule has 1 aromatic heterocycles. The quantitative estimate of drug-likeness (QED) is 0.701. The van der Waals surface area contributed by atoms with Gasteiger partial charge in [0.2, 0.25) is 0 Å². The first-order valence-corrected chi connectivity index (χ1v) is 4.02. The molecule has 0 spiro atoms. The van der Waals surface area contributed by atoms with E-state index in [1.54, 1.807) is 16.8 Å². The van der Waals surface area contributed by atoms with E-state index in [-0.39, 0.29) is 12.2 Å². The number of hydrogen-bond acceptors (Lipinski definition) is 2. The first-order valence-electron chi connectivity index (χ1n) is 4.02. The predicted molar refractivity (Wildman–Crippen MR) is 50.4 cm³/mol. The zero-order chi connectivity index (χ0) is 9.26. The van der Waals surface area contributed by atoms with Crippen LogP contribution in [0.3, 0.4) is 0 Å². The SMILES string of the molecule is O=c1ccn(CO)c2ccccc12. The largest absolute Gasteiger partial charge is 0.376 e. The van der Waals surface area contributed by atoms with Crippen molar-refractivity contribution >= 4 is 10.9 Å². The van der Waals surface area contributed by atoms with Crippen LogP contribution >= 0.6 is 0 Å². The zero-order valence-electron chi connectivity index (χ0n) is 6.97. The third-order valence-corrected chi connectivity index (χ3v) is 2.04. The Balaban J connectivity index is 2.93. The van der Waals surface area contributed by atoms with E-state index < -0.39 is 0 Å². The summed E-state index contributed by atoms with van der Waals surface area (Å²) in [4.78, 5) is 11.4. The molecule has 0 unspecified atom stereocenters. The first-order chi connectivity index (χ1) is 6.33. The van der Waals surface area contributed by atoms with Gasteiger partial charge in [0.15, 0.2) is 5.43 Å². The molecule has 0 aliphatic carbocycles. The van der Waals surface area contributed by atoms with Crippen LogP contribution in [0.4, 0.5) is 0 Å². The summed E-state index contributed by atoms with van der Waals surface area (Å²) in [5.74, 6) is 0. The number of para-hydroxylation sites is 1. The van der Waals surface area contributed by atoms with Crippen LogP contribution in [0.1, 0.15) is 0 Å². The summed E-state index contributed by atoms with van der Waals surface area (Å²) in [7, 11) is 0. The molecule has 0 aliphatic rings. The van der Waals surface area contributed by atoms with Crippen LogP contribution in [0.15, 0.2) is 41.3 Å². The molecule has 3 nitrogen and oxygen atoms in total. The second-order valence-corrected chi connectivity index (χ2v) is 2.81. The second-order valence-electron chi connectivity index (χ2n) is 2.81. The Morgan fingerprint density at radius 2 is 2.00 bits per heavy atom. The highest BCUT2D eigenvalue weighted by Crippen LogP contribution is 2.08. The molecule has 1 heterocycles. The zero-order valence-corrected chi connectivity index (χ0v) is 6.97. The van der Waals surface area contributed by atoms with Crippen LogP contribution in [-0.2, 0) is 6.73 Å². The van der Waals surface area contributed by atoms with Crippen molar-refractivity contribution in [3.63, 3.8) is 0 Å². The number of pyridine rings is 1. The summed E-state index contributed by atoms with van der Waals surface area (Å²) in [5, 5.41) is 9.63. The summed E-state index contributed by atoms with van der Waals surface area (Å²) < 4.78 is 1.62. The average molecular weight is 175 g/mol. The van der Waals surface area contributed by atoms with Gasteiger partial charge in [-0.3, -0.25) is 4.79 Å². The number of benzene rings is 1. The molecule has 0 atom stereocenters. The Morgan fingerprint density at radius 3 is 2.77 bits per heavy atom. The van der Waals surface area contributed by atoms with Crippen LogP contribution in [0.2, 0.25) is 0 Å². The van der Waals surface area contributed by atoms with E-state index in [4.69, 9.17) is 5.11 Å². The minimum absolute atomic E-state index is 0.0136. The lowest BCUT2D eigenvalue weighted by atomic mass is 10.2. The molecule has 0 amide bonds. The van der Waals surface area contributed by atoms with Crippen LogP contribution in [0.5, 0.6) is 0 Å². The van der Waals surface area contributed by atoms with Crippen molar-refractivity contribution < 1.29 is 5.11 Å². The summed E-state index contributed by atoms with van der Waals surface area (Å²) in [6, 6.07) is 8.68. The van der Waals surface area contributed by atoms with E-state index in [9.17, 15) is 4.79 Å². The Bertz CT molecular complexity index is 487. The summed E-state index contributed by atoms with van der Waals surface area (Å²) in [6.45, 7) is -0.110. The lowest BCUT2D eigenvalue weighted by molar-refractivity contribution is 0.214. The van der Waals surface area contributed by atoms with Crippen LogP contribution in [-0.4, -0.2) is 9.67 Å². The molecule has 1 N–H and O–H groups in total. The maximum Gasteiger partial charge on any atom is 0.189 e. The normalized spacial score (nSPS) is 10.5. The number of fused-ring (bicyclic) bond motifs is 1. The van der Waals surface area contributed by atoms with Gasteiger partial charge in [-0.2, -0.15) is 0 Å². The van der Waals surface area contributed by atoms with E-state index in [2.05, 4.69) is 0 Å². The highest BCUT2D eigenvalue weighted by Gasteiger charge is 1.99. The lowest BCUT2D eigenvalue weighted by Gasteiger charge is -2.05. The minimum atomic E-state index is -0.110. The number of aliphatic hydroxyl groups is 1. The van der Waals surface area contributed by atoms with E-state index in [1.165, 1.54) is 6.07 Å². The first kappa shape index (κ1) is 8.01. The highest BCUT2D eigenvalue weighted by atomic mass is 16.3. The number of nitrogens with zero attached hydrogens (tertiary/aromatic N) is 1. The summed E-state index contributed by atoms with van der Waals surface area (Å²) in [6.07, 6.45) is 1.59. The average Bonchev–Trinajstić information content (AvgIpc) is 2.19. The van der Waals surface area contributed by atoms with E-state index in [0.717, 1.165) is 5.52 Å². The molecular weight excluding hydrogens is 166 g/mol. The van der Waals surface area contributed by atoms with Crippen LogP contribution in [0, 0.1) is 0 Å². The molecule has 0 aliphatic heterocycles. The maximum absolute atomic E-state index is 11.4. The molecule has 2 rings (SSSR count). The third-order valence-electron chi connectivity index (χ3n) is 2.04. The fourth-order valence-corrected chi connectivity index (χ4v) is 1.38. The second kappa shape index (κ2) is 3.03. The Morgan fingerprint density at radius 1 is 1.23 bits per heavy atom. The molecule has 13 heavy (non-hydrogen) atoms. The summed E-state index contributed by atoms with van der Waals surface area (Å²) >= 11 is 0. The van der Waals surface area contributed by atoms with Gasteiger partial charge < -0.3 is 9.67 Å². The van der Waals surface area contributed by atoms with Crippen molar-refractivity contribution in [1.29, 1.82) is 0 Å². The number of hydrogen-bond donors (Lipinski definition) is 1. The van der Waals surface area contributed by atoms with Crippen LogP contribution < -0.4 is 5.43 Å². The van der Waals surface area contributed by atoms with Gasteiger partial charge in [0.05, 0.1) is 5.52 Å². The van der Waals surface area contributed by atoms with E-state index in [0.29, 0.717) is 5.39 Å². The van der Waals surface area contributed by atoms with E-state index in [1.807, 2.05) is 18.2 Å². The van der Waals surface area contributed by atoms with Gasteiger partial charge in [-0.25, -0.2) is 0 Å². The molecule has 66 valence electrons. The molecule has 2 aromatic rings. The summed E-state index contributed by atoms with van der Waals surface area (Å²) in [5.41, 5.74) is 0.748. The molecular formula is C10H9NO2. The Kier molecular flexibility index (Phi) is 1.87. The minimum Gasteiger partial charge on any atom is -0.376 e. The molecule has 0 saturated heterocycles. The fraction of sp³-hybridized carbons (Fsp3) is 0.100. The van der Waals surface area contributed by atoms with Gasteiger partial charge in [-0.1, -0.05) is 12.1 Å². The van der Waals surface area contributed by atoms with Crippen molar-refractivity contribution in [2.45, 2.75) is 6.73 Å². The van der Waals surface area contributed by atoms with Gasteiger partial charge >= 0.3 is 0 Å². The molecule has 0 bridgehead atoms. The topological polar surface area (TPSA) is 42.2 Å². The Hall–Kier alpha value is -1.61. The molecule has 3 heteroatoms. The van der Waals surface area contributed by atoms with Gasteiger partial charge in [0, 0.05) is 17.6 Å². The number of aliphatic hydroxyl groups excluding tert-OH is 1. The van der Waals surface area contributed by atoms with E-state index >= 15 is 0 Å². The fourth-order valence-electron chi connectivity index (χ4n) is 1.38. The molecule has 1 aromatic carbocycles. The third kappa shape index (κ3) is 1.23.